The lowest BCUT2D eigenvalue weighted by Crippen LogP contribution is -2.11. The third kappa shape index (κ3) is 4.91. The minimum Gasteiger partial charge on any atom is -0.507 e. The minimum atomic E-state index is -0.203. The first-order valence-electron chi connectivity index (χ1n) is 6.51. The van der Waals surface area contributed by atoms with Crippen molar-refractivity contribution in [1.29, 1.82) is 0 Å². The van der Waals surface area contributed by atoms with E-state index in [0.29, 0.717) is 24.4 Å². The maximum atomic E-state index is 12.1. The summed E-state index contributed by atoms with van der Waals surface area (Å²) in [7, 11) is 1.51. The zero-order chi connectivity index (χ0) is 15.7. The van der Waals surface area contributed by atoms with Crippen LogP contribution >= 0.6 is 0 Å². The lowest BCUT2D eigenvalue weighted by molar-refractivity contribution is 0.103. The summed E-state index contributed by atoms with van der Waals surface area (Å²) < 4.78 is 4.96. The van der Waals surface area contributed by atoms with E-state index in [-0.39, 0.29) is 17.1 Å². The molecule has 0 atom stereocenters. The van der Waals surface area contributed by atoms with Crippen LogP contribution in [0.5, 0.6) is 11.5 Å². The van der Waals surface area contributed by atoms with Crippen molar-refractivity contribution in [3.63, 3.8) is 0 Å². The summed E-state index contributed by atoms with van der Waals surface area (Å²) in [5, 5.41) is 9.75. The van der Waals surface area contributed by atoms with Gasteiger partial charge in [0.05, 0.1) is 12.7 Å². The van der Waals surface area contributed by atoms with Gasteiger partial charge in [-0.15, -0.1) is 0 Å². The second kappa shape index (κ2) is 8.73. The van der Waals surface area contributed by atoms with Crippen LogP contribution in [0.2, 0.25) is 0 Å². The normalized spacial score (nSPS) is 9.48. The van der Waals surface area contributed by atoms with Crippen LogP contribution in [0.25, 0.3) is 0 Å². The van der Waals surface area contributed by atoms with Crippen LogP contribution in [0.1, 0.15) is 15.9 Å². The molecule has 0 saturated heterocycles. The molecular weight excluding hydrogens is 268 g/mol. The first-order chi connectivity index (χ1) is 10.1. The number of phenols is 1. The average Bonchev–Trinajstić information content (AvgIpc) is 2.55. The quantitative estimate of drug-likeness (QED) is 0.741. The fraction of sp³-hybridized carbons (Fsp3) is 0.188. The maximum Gasteiger partial charge on any atom is 0.196 e. The number of methoxy groups -OCH3 is 1. The fourth-order valence-corrected chi connectivity index (χ4v) is 1.58. The second-order valence-corrected chi connectivity index (χ2v) is 4.16. The Balaban J connectivity index is 0.000000491. The molecule has 0 heterocycles. The number of rotatable bonds is 4. The molecule has 0 bridgehead atoms. The number of ether oxygens (including phenoxy) is 1. The number of hydrogen-bond acceptors (Lipinski definition) is 5. The zero-order valence-electron chi connectivity index (χ0n) is 12.0. The van der Waals surface area contributed by atoms with Gasteiger partial charge in [0.2, 0.25) is 0 Å². The molecule has 0 radical (unpaired) electrons. The highest BCUT2D eigenvalue weighted by Gasteiger charge is 2.13. The Kier molecular flexibility index (Phi) is 6.94. The number of phenolic OH excluding ortho intramolecular Hbond substituents is 1. The van der Waals surface area contributed by atoms with Crippen molar-refractivity contribution >= 4 is 5.78 Å². The molecule has 5 nitrogen and oxygen atoms in total. The number of ketones is 1. The van der Waals surface area contributed by atoms with E-state index in [9.17, 15) is 9.90 Å². The van der Waals surface area contributed by atoms with Crippen molar-refractivity contribution < 1.29 is 14.6 Å². The van der Waals surface area contributed by atoms with Crippen molar-refractivity contribution in [2.24, 2.45) is 11.5 Å². The van der Waals surface area contributed by atoms with Gasteiger partial charge < -0.3 is 21.3 Å². The van der Waals surface area contributed by atoms with E-state index >= 15 is 0 Å². The Labute approximate surface area is 124 Å². The summed E-state index contributed by atoms with van der Waals surface area (Å²) >= 11 is 0. The van der Waals surface area contributed by atoms with E-state index in [4.69, 9.17) is 16.2 Å². The molecule has 2 rings (SSSR count). The van der Waals surface area contributed by atoms with Crippen LogP contribution < -0.4 is 16.2 Å². The Morgan fingerprint density at radius 1 is 1.10 bits per heavy atom. The number of hydrogen-bond donors (Lipinski definition) is 3. The Morgan fingerprint density at radius 2 is 1.71 bits per heavy atom. The lowest BCUT2D eigenvalue weighted by Gasteiger charge is -2.06. The summed E-state index contributed by atoms with van der Waals surface area (Å²) in [6.45, 7) is 1.19. The van der Waals surface area contributed by atoms with Crippen LogP contribution in [0.3, 0.4) is 0 Å². The topological polar surface area (TPSA) is 98.6 Å². The van der Waals surface area contributed by atoms with E-state index in [1.165, 1.54) is 13.2 Å². The molecule has 0 aromatic heterocycles. The van der Waals surface area contributed by atoms with Gasteiger partial charge in [0.1, 0.15) is 11.5 Å². The molecule has 21 heavy (non-hydrogen) atoms. The molecule has 112 valence electrons. The summed E-state index contributed by atoms with van der Waals surface area (Å²) in [5.41, 5.74) is 10.6. The third-order valence-corrected chi connectivity index (χ3v) is 2.65. The largest absolute Gasteiger partial charge is 0.507 e. The first kappa shape index (κ1) is 16.7. The SMILES string of the molecule is COc1ccc(C(=O)c2ccccc2)c(O)c1.NCCN. The van der Waals surface area contributed by atoms with E-state index in [0.717, 1.165) is 0 Å². The summed E-state index contributed by atoms with van der Waals surface area (Å²) in [6.07, 6.45) is 0. The molecule has 0 amide bonds. The molecule has 0 fully saturated rings. The molecule has 0 aliphatic rings. The molecule has 5 N–H and O–H groups in total. The molecule has 0 aliphatic heterocycles. The van der Waals surface area contributed by atoms with E-state index in [2.05, 4.69) is 0 Å². The Bertz CT molecular complexity index is 569. The number of carbonyl (C=O) groups excluding carboxylic acids is 1. The molecule has 0 unspecified atom stereocenters. The van der Waals surface area contributed by atoms with Gasteiger partial charge in [-0.05, 0) is 12.1 Å². The molecular formula is C16H20N2O3. The van der Waals surface area contributed by atoms with Crippen LogP contribution in [0.15, 0.2) is 48.5 Å². The predicted molar refractivity (Wildman–Crippen MR) is 82.6 cm³/mol. The van der Waals surface area contributed by atoms with Gasteiger partial charge in [0.25, 0.3) is 0 Å². The number of carbonyl (C=O) groups is 1. The van der Waals surface area contributed by atoms with Gasteiger partial charge in [-0.2, -0.15) is 0 Å². The zero-order valence-corrected chi connectivity index (χ0v) is 12.0. The summed E-state index contributed by atoms with van der Waals surface area (Å²) in [5.74, 6) is 0.246. The smallest absolute Gasteiger partial charge is 0.196 e. The number of nitrogens with two attached hydrogens (primary N) is 2. The summed E-state index contributed by atoms with van der Waals surface area (Å²) in [6, 6.07) is 13.5. The summed E-state index contributed by atoms with van der Waals surface area (Å²) in [4.78, 5) is 12.1. The molecule has 0 saturated carbocycles. The van der Waals surface area contributed by atoms with Gasteiger partial charge in [-0.1, -0.05) is 30.3 Å². The Morgan fingerprint density at radius 3 is 2.19 bits per heavy atom. The third-order valence-electron chi connectivity index (χ3n) is 2.65. The monoisotopic (exact) mass is 288 g/mol. The average molecular weight is 288 g/mol. The molecule has 0 aliphatic carbocycles. The standard InChI is InChI=1S/C14H12O3.C2H8N2/c1-17-11-7-8-12(13(15)9-11)14(16)10-5-3-2-4-6-10;3-1-2-4/h2-9,15H,1H3;1-4H2. The van der Waals surface area contributed by atoms with Crippen molar-refractivity contribution in [2.45, 2.75) is 0 Å². The molecule has 2 aromatic rings. The van der Waals surface area contributed by atoms with Gasteiger partial charge in [0.15, 0.2) is 5.78 Å². The molecule has 2 aromatic carbocycles. The van der Waals surface area contributed by atoms with E-state index < -0.39 is 0 Å². The molecule has 5 heteroatoms. The fourth-order valence-electron chi connectivity index (χ4n) is 1.58. The highest BCUT2D eigenvalue weighted by atomic mass is 16.5. The lowest BCUT2D eigenvalue weighted by atomic mass is 10.0. The minimum absolute atomic E-state index is 0.0711. The number of aromatic hydroxyl groups is 1. The maximum absolute atomic E-state index is 12.1. The highest BCUT2D eigenvalue weighted by molar-refractivity contribution is 6.10. The van der Waals surface area contributed by atoms with Crippen molar-refractivity contribution in [3.05, 3.63) is 59.7 Å². The van der Waals surface area contributed by atoms with E-state index in [1.807, 2.05) is 6.07 Å². The van der Waals surface area contributed by atoms with Gasteiger partial charge in [-0.25, -0.2) is 0 Å². The van der Waals surface area contributed by atoms with Crippen molar-refractivity contribution in [2.75, 3.05) is 20.2 Å². The number of benzene rings is 2. The van der Waals surface area contributed by atoms with Crippen LogP contribution in [-0.4, -0.2) is 31.1 Å². The first-order valence-corrected chi connectivity index (χ1v) is 6.51. The van der Waals surface area contributed by atoms with Crippen molar-refractivity contribution in [1.82, 2.24) is 0 Å². The van der Waals surface area contributed by atoms with Gasteiger partial charge in [-0.3, -0.25) is 4.79 Å². The highest BCUT2D eigenvalue weighted by Crippen LogP contribution is 2.25. The van der Waals surface area contributed by atoms with E-state index in [1.54, 1.807) is 36.4 Å². The van der Waals surface area contributed by atoms with Crippen LogP contribution in [0.4, 0.5) is 0 Å². The van der Waals surface area contributed by atoms with Crippen LogP contribution in [0, 0.1) is 0 Å². The molecule has 0 spiro atoms. The predicted octanol–water partition coefficient (Wildman–Crippen LogP) is 1.54. The van der Waals surface area contributed by atoms with Gasteiger partial charge >= 0.3 is 0 Å². The Hall–Kier alpha value is -2.37. The van der Waals surface area contributed by atoms with Gasteiger partial charge in [0, 0.05) is 24.7 Å². The van der Waals surface area contributed by atoms with Crippen molar-refractivity contribution in [3.8, 4) is 11.5 Å². The second-order valence-electron chi connectivity index (χ2n) is 4.16. The van der Waals surface area contributed by atoms with Crippen LogP contribution in [-0.2, 0) is 0 Å².